The van der Waals surface area contributed by atoms with Gasteiger partial charge in [-0.1, -0.05) is 6.92 Å². The third-order valence-electron chi connectivity index (χ3n) is 2.19. The first-order valence-corrected chi connectivity index (χ1v) is 5.25. The SMILES string of the molecule is CCOC(=O)C(F)[C@@H](N)c1ccc(CC)o1.Cl. The van der Waals surface area contributed by atoms with Crippen LogP contribution in [-0.2, 0) is 16.0 Å². The molecule has 6 heteroatoms. The molecule has 0 amide bonds. The highest BCUT2D eigenvalue weighted by Gasteiger charge is 2.29. The number of halogens is 2. The van der Waals surface area contributed by atoms with E-state index in [0.29, 0.717) is 12.2 Å². The predicted octanol–water partition coefficient (Wildman–Crippen LogP) is 2.16. The van der Waals surface area contributed by atoms with Crippen LogP contribution >= 0.6 is 12.4 Å². The predicted molar refractivity (Wildman–Crippen MR) is 63.8 cm³/mol. The maximum Gasteiger partial charge on any atom is 0.342 e. The summed E-state index contributed by atoms with van der Waals surface area (Å²) in [5, 5.41) is 0. The fourth-order valence-corrected chi connectivity index (χ4v) is 1.28. The van der Waals surface area contributed by atoms with Crippen molar-refractivity contribution in [2.24, 2.45) is 5.73 Å². The Bertz CT molecular complexity index is 356. The van der Waals surface area contributed by atoms with E-state index >= 15 is 0 Å². The molecule has 2 N–H and O–H groups in total. The number of ether oxygens (including phenoxy) is 1. The Morgan fingerprint density at radius 2 is 2.18 bits per heavy atom. The van der Waals surface area contributed by atoms with E-state index in [1.54, 1.807) is 19.1 Å². The molecule has 0 radical (unpaired) electrons. The van der Waals surface area contributed by atoms with Gasteiger partial charge in [0.15, 0.2) is 0 Å². The molecule has 0 saturated carbocycles. The number of hydrogen-bond donors (Lipinski definition) is 1. The Hall–Kier alpha value is -1.07. The Kier molecular flexibility index (Phi) is 6.83. The van der Waals surface area contributed by atoms with Gasteiger partial charge in [-0.2, -0.15) is 0 Å². The van der Waals surface area contributed by atoms with Gasteiger partial charge in [0, 0.05) is 6.42 Å². The van der Waals surface area contributed by atoms with Crippen LogP contribution in [-0.4, -0.2) is 18.7 Å². The van der Waals surface area contributed by atoms with Crippen LogP contribution in [0.4, 0.5) is 4.39 Å². The number of rotatable bonds is 5. The molecule has 1 heterocycles. The minimum atomic E-state index is -1.89. The molecule has 0 aliphatic rings. The summed E-state index contributed by atoms with van der Waals surface area (Å²) in [6.07, 6.45) is -1.20. The lowest BCUT2D eigenvalue weighted by atomic mass is 10.1. The molecule has 2 atom stereocenters. The number of carbonyl (C=O) groups is 1. The van der Waals surface area contributed by atoms with Crippen molar-refractivity contribution in [2.45, 2.75) is 32.5 Å². The van der Waals surface area contributed by atoms with Gasteiger partial charge < -0.3 is 14.9 Å². The second-order valence-electron chi connectivity index (χ2n) is 3.34. The lowest BCUT2D eigenvalue weighted by Gasteiger charge is -2.13. The van der Waals surface area contributed by atoms with Crippen molar-refractivity contribution in [1.29, 1.82) is 0 Å². The van der Waals surface area contributed by atoms with Crippen molar-refractivity contribution in [3.8, 4) is 0 Å². The molecule has 17 heavy (non-hydrogen) atoms. The van der Waals surface area contributed by atoms with Crippen LogP contribution in [0.5, 0.6) is 0 Å². The zero-order chi connectivity index (χ0) is 12.1. The van der Waals surface area contributed by atoms with Gasteiger partial charge in [0.25, 0.3) is 0 Å². The van der Waals surface area contributed by atoms with Crippen LogP contribution in [0.1, 0.15) is 31.4 Å². The van der Waals surface area contributed by atoms with E-state index in [4.69, 9.17) is 10.2 Å². The Morgan fingerprint density at radius 1 is 1.53 bits per heavy atom. The molecule has 0 aliphatic heterocycles. The Balaban J connectivity index is 0.00000256. The molecule has 0 aromatic carbocycles. The van der Waals surface area contributed by atoms with Crippen LogP contribution in [0.2, 0.25) is 0 Å². The van der Waals surface area contributed by atoms with Crippen molar-refractivity contribution < 1.29 is 18.3 Å². The number of alkyl halides is 1. The van der Waals surface area contributed by atoms with E-state index in [2.05, 4.69) is 4.74 Å². The maximum absolute atomic E-state index is 13.5. The van der Waals surface area contributed by atoms with E-state index in [1.807, 2.05) is 6.92 Å². The largest absolute Gasteiger partial charge is 0.464 e. The number of furan rings is 1. The molecule has 0 spiro atoms. The highest BCUT2D eigenvalue weighted by atomic mass is 35.5. The second-order valence-corrected chi connectivity index (χ2v) is 3.34. The second kappa shape index (κ2) is 7.29. The van der Waals surface area contributed by atoms with Crippen LogP contribution in [0.25, 0.3) is 0 Å². The Labute approximate surface area is 106 Å². The first kappa shape index (κ1) is 15.9. The summed E-state index contributed by atoms with van der Waals surface area (Å²) in [7, 11) is 0. The van der Waals surface area contributed by atoms with Gasteiger partial charge in [0.05, 0.1) is 6.61 Å². The summed E-state index contributed by atoms with van der Waals surface area (Å²) in [6.45, 7) is 3.65. The Morgan fingerprint density at radius 3 is 2.65 bits per heavy atom. The third kappa shape index (κ3) is 4.02. The lowest BCUT2D eigenvalue weighted by Crippen LogP contribution is -2.31. The minimum absolute atomic E-state index is 0. The molecule has 1 unspecified atom stereocenters. The van der Waals surface area contributed by atoms with Crippen molar-refractivity contribution in [1.82, 2.24) is 0 Å². The summed E-state index contributed by atoms with van der Waals surface area (Å²) < 4.78 is 23.3. The van der Waals surface area contributed by atoms with Gasteiger partial charge in [-0.05, 0) is 19.1 Å². The monoisotopic (exact) mass is 265 g/mol. The third-order valence-corrected chi connectivity index (χ3v) is 2.19. The molecule has 4 nitrogen and oxygen atoms in total. The van der Waals surface area contributed by atoms with Crippen LogP contribution in [0.15, 0.2) is 16.5 Å². The number of hydrogen-bond acceptors (Lipinski definition) is 4. The van der Waals surface area contributed by atoms with E-state index in [9.17, 15) is 9.18 Å². The van der Waals surface area contributed by atoms with Gasteiger partial charge in [-0.25, -0.2) is 9.18 Å². The molecule has 0 fully saturated rings. The highest BCUT2D eigenvalue weighted by Crippen LogP contribution is 2.20. The minimum Gasteiger partial charge on any atom is -0.464 e. The molecule has 1 aromatic rings. The molecule has 1 aromatic heterocycles. The van der Waals surface area contributed by atoms with Crippen molar-refractivity contribution >= 4 is 18.4 Å². The molecular weight excluding hydrogens is 249 g/mol. The van der Waals surface area contributed by atoms with E-state index < -0.39 is 18.2 Å². The molecule has 1 rings (SSSR count). The van der Waals surface area contributed by atoms with E-state index in [-0.39, 0.29) is 24.8 Å². The van der Waals surface area contributed by atoms with E-state index in [1.165, 1.54) is 0 Å². The fraction of sp³-hybridized carbons (Fsp3) is 0.545. The van der Waals surface area contributed by atoms with Gasteiger partial charge in [-0.15, -0.1) is 12.4 Å². The van der Waals surface area contributed by atoms with Crippen LogP contribution in [0.3, 0.4) is 0 Å². The maximum atomic E-state index is 13.5. The first-order chi connectivity index (χ1) is 7.60. The van der Waals surface area contributed by atoms with Crippen LogP contribution < -0.4 is 5.73 Å². The topological polar surface area (TPSA) is 65.5 Å². The summed E-state index contributed by atoms with van der Waals surface area (Å²) in [4.78, 5) is 11.1. The molecule has 0 bridgehead atoms. The lowest BCUT2D eigenvalue weighted by molar-refractivity contribution is -0.150. The fourth-order valence-electron chi connectivity index (χ4n) is 1.28. The highest BCUT2D eigenvalue weighted by molar-refractivity contribution is 5.85. The van der Waals surface area contributed by atoms with Crippen molar-refractivity contribution in [3.63, 3.8) is 0 Å². The summed E-state index contributed by atoms with van der Waals surface area (Å²) in [6, 6.07) is 2.18. The van der Waals surface area contributed by atoms with E-state index in [0.717, 1.165) is 0 Å². The quantitative estimate of drug-likeness (QED) is 0.829. The average Bonchev–Trinajstić information content (AvgIpc) is 2.75. The molecule has 98 valence electrons. The number of nitrogens with two attached hydrogens (primary N) is 1. The molecule has 0 aliphatic carbocycles. The van der Waals surface area contributed by atoms with Gasteiger partial charge in [0.2, 0.25) is 6.17 Å². The smallest absolute Gasteiger partial charge is 0.342 e. The van der Waals surface area contributed by atoms with Gasteiger partial charge in [-0.3, -0.25) is 0 Å². The average molecular weight is 266 g/mol. The summed E-state index contributed by atoms with van der Waals surface area (Å²) in [5.74, 6) is 0.0170. The zero-order valence-corrected chi connectivity index (χ0v) is 10.6. The molecular formula is C11H17ClFNO3. The normalized spacial score (nSPS) is 13.6. The van der Waals surface area contributed by atoms with Gasteiger partial charge >= 0.3 is 5.97 Å². The van der Waals surface area contributed by atoms with Crippen molar-refractivity contribution in [3.05, 3.63) is 23.7 Å². The standard InChI is InChI=1S/C11H16FNO3.ClH/c1-3-7-5-6-8(16-7)10(13)9(12)11(14)15-4-2;/h5-6,9-10H,3-4,13H2,1-2H3;1H/t9?,10-;/m0./s1. The summed E-state index contributed by atoms with van der Waals surface area (Å²) >= 11 is 0. The number of aryl methyl sites for hydroxylation is 1. The van der Waals surface area contributed by atoms with Gasteiger partial charge in [0.1, 0.15) is 17.6 Å². The first-order valence-electron chi connectivity index (χ1n) is 5.25. The molecule has 0 saturated heterocycles. The number of esters is 1. The van der Waals surface area contributed by atoms with Crippen molar-refractivity contribution in [2.75, 3.05) is 6.61 Å². The summed E-state index contributed by atoms with van der Waals surface area (Å²) in [5.41, 5.74) is 5.57. The zero-order valence-electron chi connectivity index (χ0n) is 9.81. The number of carbonyl (C=O) groups excluding carboxylic acids is 1. The van der Waals surface area contributed by atoms with Crippen LogP contribution in [0, 0.1) is 0 Å².